The largest absolute Gasteiger partial charge is 0.370 e. The fourth-order valence-electron chi connectivity index (χ4n) is 3.18. The van der Waals surface area contributed by atoms with Crippen LogP contribution in [0, 0.1) is 0 Å². The molecule has 0 aromatic heterocycles. The van der Waals surface area contributed by atoms with Crippen LogP contribution in [0.3, 0.4) is 0 Å². The van der Waals surface area contributed by atoms with Crippen LogP contribution in [0.5, 0.6) is 0 Å². The van der Waals surface area contributed by atoms with Gasteiger partial charge >= 0.3 is 0 Å². The van der Waals surface area contributed by atoms with Crippen LogP contribution in [-0.4, -0.2) is 12.5 Å². The maximum Gasteiger partial charge on any atom is 0.219 e. The quantitative estimate of drug-likeness (QED) is 0.856. The molecule has 1 aliphatic rings. The number of amides is 1. The van der Waals surface area contributed by atoms with E-state index in [1.54, 1.807) is 0 Å². The first kappa shape index (κ1) is 13.1. The molecule has 0 saturated carbocycles. The molecule has 2 unspecified atom stereocenters. The van der Waals surface area contributed by atoms with Gasteiger partial charge in [0.2, 0.25) is 5.91 Å². The first-order valence-electron chi connectivity index (χ1n) is 6.72. The number of hydrogen-bond donors (Lipinski definition) is 2. The summed E-state index contributed by atoms with van der Waals surface area (Å²) in [6.45, 7) is 5.17. The van der Waals surface area contributed by atoms with Crippen molar-refractivity contribution in [3.63, 3.8) is 0 Å². The molecule has 0 bridgehead atoms. The van der Waals surface area contributed by atoms with Crippen LogP contribution in [0.15, 0.2) is 24.3 Å². The Bertz CT molecular complexity index is 444. The second-order valence-electron chi connectivity index (χ2n) is 5.28. The Morgan fingerprint density at radius 1 is 1.50 bits per heavy atom. The zero-order valence-electron chi connectivity index (χ0n) is 11.2. The van der Waals surface area contributed by atoms with Gasteiger partial charge < -0.3 is 11.1 Å². The van der Waals surface area contributed by atoms with E-state index in [1.165, 1.54) is 11.1 Å². The van der Waals surface area contributed by atoms with Crippen molar-refractivity contribution < 1.29 is 4.79 Å². The molecular formula is C15H22N2O. The molecule has 0 heterocycles. The Morgan fingerprint density at radius 2 is 2.22 bits per heavy atom. The summed E-state index contributed by atoms with van der Waals surface area (Å²) in [6.07, 6.45) is 2.45. The highest BCUT2D eigenvalue weighted by Crippen LogP contribution is 2.42. The summed E-state index contributed by atoms with van der Waals surface area (Å²) in [7, 11) is 0. The number of primary amides is 1. The van der Waals surface area contributed by atoms with E-state index in [4.69, 9.17) is 5.73 Å². The van der Waals surface area contributed by atoms with Crippen LogP contribution >= 0.6 is 0 Å². The highest BCUT2D eigenvalue weighted by Gasteiger charge is 2.38. The lowest BCUT2D eigenvalue weighted by atomic mass is 9.70. The summed E-state index contributed by atoms with van der Waals surface area (Å²) < 4.78 is 0. The summed E-state index contributed by atoms with van der Waals surface area (Å²) in [4.78, 5) is 11.4. The third-order valence-corrected chi connectivity index (χ3v) is 4.00. The van der Waals surface area contributed by atoms with E-state index in [1.807, 2.05) is 6.07 Å². The summed E-state index contributed by atoms with van der Waals surface area (Å²) in [5.41, 5.74) is 7.80. The number of benzene rings is 1. The first-order chi connectivity index (χ1) is 8.59. The average molecular weight is 246 g/mol. The predicted molar refractivity (Wildman–Crippen MR) is 73.3 cm³/mol. The van der Waals surface area contributed by atoms with E-state index in [9.17, 15) is 4.79 Å². The smallest absolute Gasteiger partial charge is 0.219 e. The van der Waals surface area contributed by atoms with Gasteiger partial charge in [-0.15, -0.1) is 0 Å². The van der Waals surface area contributed by atoms with Gasteiger partial charge in [-0.2, -0.15) is 0 Å². The molecular weight excluding hydrogens is 224 g/mol. The highest BCUT2D eigenvalue weighted by atomic mass is 16.1. The standard InChI is InChI=1S/C15H22N2O/c1-3-17-15(10-14(16)18)9-8-11(2)12-6-4-5-7-13(12)15/h4-7,11,17H,3,8-10H2,1-2H3,(H2,16,18). The summed E-state index contributed by atoms with van der Waals surface area (Å²) in [5, 5.41) is 3.51. The summed E-state index contributed by atoms with van der Waals surface area (Å²) >= 11 is 0. The average Bonchev–Trinajstić information content (AvgIpc) is 2.34. The minimum Gasteiger partial charge on any atom is -0.370 e. The number of nitrogens with one attached hydrogen (secondary N) is 1. The molecule has 2 rings (SSSR count). The molecule has 98 valence electrons. The van der Waals surface area contributed by atoms with Crippen LogP contribution < -0.4 is 11.1 Å². The third-order valence-electron chi connectivity index (χ3n) is 4.00. The number of rotatable bonds is 4. The van der Waals surface area contributed by atoms with E-state index in [0.29, 0.717) is 12.3 Å². The van der Waals surface area contributed by atoms with Gasteiger partial charge in [0.05, 0.1) is 5.54 Å². The Kier molecular flexibility index (Phi) is 3.71. The monoisotopic (exact) mass is 246 g/mol. The lowest BCUT2D eigenvalue weighted by Crippen LogP contribution is -2.47. The van der Waals surface area contributed by atoms with Crippen LogP contribution in [0.25, 0.3) is 0 Å². The third kappa shape index (κ3) is 2.27. The minimum atomic E-state index is -0.260. The van der Waals surface area contributed by atoms with Gasteiger partial charge in [-0.05, 0) is 36.4 Å². The van der Waals surface area contributed by atoms with E-state index in [2.05, 4.69) is 37.4 Å². The summed E-state index contributed by atoms with van der Waals surface area (Å²) in [5.74, 6) is 0.321. The van der Waals surface area contributed by atoms with Crippen molar-refractivity contribution in [1.82, 2.24) is 5.32 Å². The van der Waals surface area contributed by atoms with Crippen molar-refractivity contribution in [2.45, 2.75) is 44.6 Å². The maximum absolute atomic E-state index is 11.4. The van der Waals surface area contributed by atoms with Crippen molar-refractivity contribution in [1.29, 1.82) is 0 Å². The van der Waals surface area contributed by atoms with E-state index in [0.717, 1.165) is 19.4 Å². The Hall–Kier alpha value is -1.35. The minimum absolute atomic E-state index is 0.236. The highest BCUT2D eigenvalue weighted by molar-refractivity contribution is 5.75. The van der Waals surface area contributed by atoms with Crippen molar-refractivity contribution in [3.8, 4) is 0 Å². The van der Waals surface area contributed by atoms with Gasteiger partial charge in [0.25, 0.3) is 0 Å². The summed E-state index contributed by atoms with van der Waals surface area (Å²) in [6, 6.07) is 8.43. The Morgan fingerprint density at radius 3 is 2.89 bits per heavy atom. The Balaban J connectivity index is 2.48. The van der Waals surface area contributed by atoms with Gasteiger partial charge in [0.1, 0.15) is 0 Å². The molecule has 3 nitrogen and oxygen atoms in total. The molecule has 0 radical (unpaired) electrons. The van der Waals surface area contributed by atoms with Crippen LogP contribution in [0.1, 0.15) is 50.2 Å². The van der Waals surface area contributed by atoms with Gasteiger partial charge in [-0.25, -0.2) is 0 Å². The molecule has 0 spiro atoms. The van der Waals surface area contributed by atoms with Crippen LogP contribution in [-0.2, 0) is 10.3 Å². The normalized spacial score (nSPS) is 26.7. The molecule has 2 atom stereocenters. The van der Waals surface area contributed by atoms with Gasteiger partial charge in [0, 0.05) is 6.42 Å². The number of nitrogens with two attached hydrogens (primary N) is 1. The fraction of sp³-hybridized carbons (Fsp3) is 0.533. The number of carbonyl (C=O) groups is 1. The predicted octanol–water partition coefficient (Wildman–Crippen LogP) is 2.26. The van der Waals surface area contributed by atoms with E-state index >= 15 is 0 Å². The van der Waals surface area contributed by atoms with E-state index in [-0.39, 0.29) is 11.4 Å². The van der Waals surface area contributed by atoms with Crippen molar-refractivity contribution in [2.75, 3.05) is 6.54 Å². The zero-order chi connectivity index (χ0) is 13.2. The molecule has 3 heteroatoms. The lowest BCUT2D eigenvalue weighted by molar-refractivity contribution is -0.119. The molecule has 0 saturated heterocycles. The molecule has 18 heavy (non-hydrogen) atoms. The Labute approximate surface area is 109 Å². The van der Waals surface area contributed by atoms with Crippen molar-refractivity contribution >= 4 is 5.91 Å². The molecule has 1 amide bonds. The van der Waals surface area contributed by atoms with Crippen molar-refractivity contribution in [2.24, 2.45) is 5.73 Å². The zero-order valence-corrected chi connectivity index (χ0v) is 11.2. The fourth-order valence-corrected chi connectivity index (χ4v) is 3.18. The molecule has 3 N–H and O–H groups in total. The SMILES string of the molecule is CCNC1(CC(N)=O)CCC(C)c2ccccc21. The molecule has 1 aliphatic carbocycles. The molecule has 1 aromatic carbocycles. The number of carbonyl (C=O) groups excluding carboxylic acids is 1. The van der Waals surface area contributed by atoms with Crippen LogP contribution in [0.4, 0.5) is 0 Å². The molecule has 0 fully saturated rings. The topological polar surface area (TPSA) is 55.1 Å². The van der Waals surface area contributed by atoms with Crippen molar-refractivity contribution in [3.05, 3.63) is 35.4 Å². The lowest BCUT2D eigenvalue weighted by Gasteiger charge is -2.41. The van der Waals surface area contributed by atoms with E-state index < -0.39 is 0 Å². The molecule has 1 aromatic rings. The van der Waals surface area contributed by atoms with Crippen LogP contribution in [0.2, 0.25) is 0 Å². The second-order valence-corrected chi connectivity index (χ2v) is 5.28. The second kappa shape index (κ2) is 5.11. The van der Waals surface area contributed by atoms with Gasteiger partial charge in [-0.1, -0.05) is 38.1 Å². The van der Waals surface area contributed by atoms with Gasteiger partial charge in [-0.3, -0.25) is 4.79 Å². The number of fused-ring (bicyclic) bond motifs is 1. The first-order valence-corrected chi connectivity index (χ1v) is 6.72. The maximum atomic E-state index is 11.4. The number of hydrogen-bond acceptors (Lipinski definition) is 2. The molecule has 0 aliphatic heterocycles. The van der Waals surface area contributed by atoms with Gasteiger partial charge in [0.15, 0.2) is 0 Å².